The molecular formula is C35H38ClN7O2. The maximum Gasteiger partial charge on any atom is 0.238 e. The minimum atomic E-state index is -0.200. The Balaban J connectivity index is 1.46. The Labute approximate surface area is 268 Å². The monoisotopic (exact) mass is 623 g/mol. The molecule has 0 saturated heterocycles. The number of benzene rings is 1. The number of nitrogens with one attached hydrogen (secondary N) is 1. The van der Waals surface area contributed by atoms with Crippen molar-refractivity contribution < 1.29 is 9.59 Å². The van der Waals surface area contributed by atoms with Crippen molar-refractivity contribution in [1.29, 1.82) is 0 Å². The lowest BCUT2D eigenvalue weighted by molar-refractivity contribution is -0.134. The number of imidazole rings is 1. The Hall–Kier alpha value is -4.60. The Bertz CT molecular complexity index is 1690. The molecule has 0 atom stereocenters. The van der Waals surface area contributed by atoms with Crippen LogP contribution in [0.5, 0.6) is 0 Å². The predicted octanol–water partition coefficient (Wildman–Crippen LogP) is 6.27. The highest BCUT2D eigenvalue weighted by molar-refractivity contribution is 6.30. The van der Waals surface area contributed by atoms with Crippen molar-refractivity contribution >= 4 is 34.7 Å². The number of anilines is 1. The number of rotatable bonds is 12. The molecule has 9 nitrogen and oxygen atoms in total. The molecule has 0 aliphatic heterocycles. The molecule has 10 heteroatoms. The Morgan fingerprint density at radius 2 is 1.47 bits per heavy atom. The second-order valence-electron chi connectivity index (χ2n) is 11.5. The third-order valence-electron chi connectivity index (χ3n) is 7.45. The molecular weight excluding hydrogens is 586 g/mol. The van der Waals surface area contributed by atoms with Crippen molar-refractivity contribution in [2.75, 3.05) is 11.9 Å². The number of aromatic nitrogens is 4. The molecule has 0 saturated carbocycles. The predicted molar refractivity (Wildman–Crippen MR) is 178 cm³/mol. The van der Waals surface area contributed by atoms with Crippen LogP contribution in [-0.4, -0.2) is 59.6 Å². The number of nitrogens with zero attached hydrogens (tertiary/aromatic N) is 6. The van der Waals surface area contributed by atoms with Gasteiger partial charge in [-0.25, -0.2) is 4.98 Å². The third-order valence-corrected chi connectivity index (χ3v) is 7.70. The first kappa shape index (κ1) is 31.8. The lowest BCUT2D eigenvalue weighted by atomic mass is 10.1. The van der Waals surface area contributed by atoms with Gasteiger partial charge < -0.3 is 14.6 Å². The largest absolute Gasteiger partial charge is 0.338 e. The van der Waals surface area contributed by atoms with Gasteiger partial charge in [0.1, 0.15) is 0 Å². The zero-order chi connectivity index (χ0) is 31.9. The first-order valence-electron chi connectivity index (χ1n) is 15.1. The molecule has 1 aromatic carbocycles. The SMILES string of the molecule is CC(C)N(C(=O)Cc1c(-c2ccc(Cl)cc2)nc2c(NC(=O)CN(Cc3ccccn3)Cc3ccccn3)cccn12)C(C)C. The molecule has 2 amide bonds. The van der Waals surface area contributed by atoms with Gasteiger partial charge in [-0.2, -0.15) is 0 Å². The van der Waals surface area contributed by atoms with Crippen LogP contribution in [0, 0.1) is 0 Å². The summed E-state index contributed by atoms with van der Waals surface area (Å²) in [6, 6.07) is 22.7. The summed E-state index contributed by atoms with van der Waals surface area (Å²) < 4.78 is 1.90. The Morgan fingerprint density at radius 3 is 2.02 bits per heavy atom. The van der Waals surface area contributed by atoms with Gasteiger partial charge in [0, 0.05) is 54.3 Å². The van der Waals surface area contributed by atoms with Gasteiger partial charge in [0.15, 0.2) is 5.65 Å². The van der Waals surface area contributed by atoms with Crippen molar-refractivity contribution in [3.05, 3.63) is 113 Å². The Morgan fingerprint density at radius 1 is 0.844 bits per heavy atom. The number of carbonyl (C=O) groups excluding carboxylic acids is 2. The van der Waals surface area contributed by atoms with Gasteiger partial charge in [0.25, 0.3) is 0 Å². The maximum absolute atomic E-state index is 13.6. The average molecular weight is 624 g/mol. The van der Waals surface area contributed by atoms with Crippen LogP contribution in [0.3, 0.4) is 0 Å². The summed E-state index contributed by atoms with van der Waals surface area (Å²) >= 11 is 6.19. The summed E-state index contributed by atoms with van der Waals surface area (Å²) in [5.41, 5.74) is 5.07. The number of halogens is 1. The fourth-order valence-electron chi connectivity index (χ4n) is 5.63. The van der Waals surface area contributed by atoms with Crippen LogP contribution in [0.15, 0.2) is 91.4 Å². The van der Waals surface area contributed by atoms with E-state index in [2.05, 4.69) is 15.3 Å². The van der Waals surface area contributed by atoms with E-state index < -0.39 is 0 Å². The smallest absolute Gasteiger partial charge is 0.238 e. The average Bonchev–Trinajstić information content (AvgIpc) is 3.37. The molecule has 1 N–H and O–H groups in total. The summed E-state index contributed by atoms with van der Waals surface area (Å²) in [5, 5.41) is 3.69. The third kappa shape index (κ3) is 7.92. The molecule has 0 bridgehead atoms. The van der Waals surface area contributed by atoms with E-state index in [1.165, 1.54) is 0 Å². The summed E-state index contributed by atoms with van der Waals surface area (Å²) in [4.78, 5) is 45.0. The van der Waals surface area contributed by atoms with Gasteiger partial charge in [0.05, 0.1) is 41.4 Å². The van der Waals surface area contributed by atoms with E-state index in [0.29, 0.717) is 35.1 Å². The standard InChI is InChI=1S/C35H38ClN7O2/c1-24(2)43(25(3)4)33(45)20-31-34(26-13-15-27(36)16-14-26)40-35-30(12-9-19-42(31)35)39-32(44)23-41(21-28-10-5-7-17-37-28)22-29-11-6-8-18-38-29/h5-19,24-25H,20-23H2,1-4H3,(H,39,44). The van der Waals surface area contributed by atoms with Crippen molar-refractivity contribution in [2.45, 2.75) is 59.3 Å². The number of amides is 2. The molecule has 5 aromatic rings. The van der Waals surface area contributed by atoms with E-state index >= 15 is 0 Å². The quantitative estimate of drug-likeness (QED) is 0.176. The summed E-state index contributed by atoms with van der Waals surface area (Å²) in [5.74, 6) is -0.194. The van der Waals surface area contributed by atoms with Crippen LogP contribution in [0.2, 0.25) is 5.02 Å². The van der Waals surface area contributed by atoms with Gasteiger partial charge >= 0.3 is 0 Å². The van der Waals surface area contributed by atoms with Crippen molar-refractivity contribution in [3.63, 3.8) is 0 Å². The number of fused-ring (bicyclic) bond motifs is 1. The molecule has 0 radical (unpaired) electrons. The minimum Gasteiger partial charge on any atom is -0.338 e. The van der Waals surface area contributed by atoms with Gasteiger partial charge in [-0.05, 0) is 76.2 Å². The zero-order valence-electron chi connectivity index (χ0n) is 26.0. The highest BCUT2D eigenvalue weighted by Crippen LogP contribution is 2.30. The molecule has 5 rings (SSSR count). The molecule has 0 fully saturated rings. The van der Waals surface area contributed by atoms with E-state index in [1.807, 2.05) is 121 Å². The number of hydrogen-bond donors (Lipinski definition) is 1. The van der Waals surface area contributed by atoms with Gasteiger partial charge in [-0.3, -0.25) is 24.5 Å². The van der Waals surface area contributed by atoms with Gasteiger partial charge in [0.2, 0.25) is 11.8 Å². The molecule has 0 spiro atoms. The summed E-state index contributed by atoms with van der Waals surface area (Å²) in [7, 11) is 0. The summed E-state index contributed by atoms with van der Waals surface area (Å²) in [6.45, 7) is 9.15. The van der Waals surface area contributed by atoms with Crippen molar-refractivity contribution in [1.82, 2.24) is 29.2 Å². The fourth-order valence-corrected chi connectivity index (χ4v) is 5.76. The maximum atomic E-state index is 13.6. The highest BCUT2D eigenvalue weighted by atomic mass is 35.5. The van der Waals surface area contributed by atoms with E-state index in [4.69, 9.17) is 16.6 Å². The van der Waals surface area contributed by atoms with Crippen LogP contribution < -0.4 is 5.32 Å². The topological polar surface area (TPSA) is 95.7 Å². The van der Waals surface area contributed by atoms with E-state index in [-0.39, 0.29) is 36.9 Å². The number of pyridine rings is 3. The van der Waals surface area contributed by atoms with Crippen molar-refractivity contribution in [2.24, 2.45) is 0 Å². The van der Waals surface area contributed by atoms with Crippen molar-refractivity contribution in [3.8, 4) is 11.3 Å². The van der Waals surface area contributed by atoms with Crippen LogP contribution >= 0.6 is 11.6 Å². The molecule has 4 aromatic heterocycles. The lowest BCUT2D eigenvalue weighted by Crippen LogP contribution is -2.43. The number of hydrogen-bond acceptors (Lipinski definition) is 6. The summed E-state index contributed by atoms with van der Waals surface area (Å²) in [6.07, 6.45) is 5.52. The first-order valence-corrected chi connectivity index (χ1v) is 15.5. The van der Waals surface area contributed by atoms with Crippen LogP contribution in [0.1, 0.15) is 44.8 Å². The lowest BCUT2D eigenvalue weighted by Gasteiger charge is -2.31. The molecule has 4 heterocycles. The fraction of sp³-hybridized carbons (Fsp3) is 0.286. The van der Waals surface area contributed by atoms with Crippen LogP contribution in [0.25, 0.3) is 16.9 Å². The normalized spacial score (nSPS) is 11.5. The second-order valence-corrected chi connectivity index (χ2v) is 12.0. The van der Waals surface area contributed by atoms with Crippen LogP contribution in [-0.2, 0) is 29.1 Å². The molecule has 0 aliphatic rings. The second kappa shape index (κ2) is 14.5. The minimum absolute atomic E-state index is 0.00568. The van der Waals surface area contributed by atoms with Gasteiger partial charge in [-0.15, -0.1) is 0 Å². The first-order chi connectivity index (χ1) is 21.7. The van der Waals surface area contributed by atoms with E-state index in [9.17, 15) is 9.59 Å². The van der Waals surface area contributed by atoms with Gasteiger partial charge in [-0.1, -0.05) is 35.9 Å². The number of carbonyl (C=O) groups is 2. The molecule has 0 unspecified atom stereocenters. The molecule has 0 aliphatic carbocycles. The Kier molecular flexibility index (Phi) is 10.2. The highest BCUT2D eigenvalue weighted by Gasteiger charge is 2.25. The van der Waals surface area contributed by atoms with E-state index in [1.54, 1.807) is 12.4 Å². The molecule has 45 heavy (non-hydrogen) atoms. The van der Waals surface area contributed by atoms with E-state index in [0.717, 1.165) is 22.6 Å². The zero-order valence-corrected chi connectivity index (χ0v) is 26.8. The van der Waals surface area contributed by atoms with Crippen LogP contribution in [0.4, 0.5) is 5.69 Å². The molecule has 232 valence electrons.